The van der Waals surface area contributed by atoms with Gasteiger partial charge in [-0.15, -0.1) is 0 Å². The number of benzene rings is 1. The Morgan fingerprint density at radius 3 is 2.85 bits per heavy atom. The molecule has 0 saturated carbocycles. The van der Waals surface area contributed by atoms with Crippen molar-refractivity contribution in [3.8, 4) is 0 Å². The monoisotopic (exact) mass is 269 g/mol. The lowest BCUT2D eigenvalue weighted by atomic mass is 10.2. The maximum atomic E-state index is 11.3. The zero-order valence-corrected chi connectivity index (χ0v) is 11.2. The Bertz CT molecular complexity index is 770. The molecule has 20 heavy (non-hydrogen) atoms. The molecule has 3 aromatic rings. The highest BCUT2D eigenvalue weighted by molar-refractivity contribution is 6.03. The summed E-state index contributed by atoms with van der Waals surface area (Å²) in [6, 6.07) is 7.57. The summed E-state index contributed by atoms with van der Waals surface area (Å²) in [6.45, 7) is 0.707. The number of imidazole rings is 1. The van der Waals surface area contributed by atoms with Crippen molar-refractivity contribution >= 4 is 16.9 Å². The summed E-state index contributed by atoms with van der Waals surface area (Å²) in [7, 11) is 1.96. The number of hydrogen-bond donors (Lipinski definition) is 1. The normalized spacial score (nSPS) is 11.1. The van der Waals surface area contributed by atoms with Crippen molar-refractivity contribution in [3.63, 3.8) is 0 Å². The third kappa shape index (κ3) is 2.07. The van der Waals surface area contributed by atoms with Crippen molar-refractivity contribution in [1.29, 1.82) is 0 Å². The van der Waals surface area contributed by atoms with Crippen LogP contribution < -0.4 is 0 Å². The summed E-state index contributed by atoms with van der Waals surface area (Å²) in [6.07, 6.45) is 6.15. The van der Waals surface area contributed by atoms with Crippen molar-refractivity contribution in [3.05, 3.63) is 54.2 Å². The van der Waals surface area contributed by atoms with Crippen LogP contribution in [0.15, 0.2) is 42.9 Å². The first-order valence-corrected chi connectivity index (χ1v) is 6.44. The number of aromatic carboxylic acids is 1. The molecule has 5 nitrogen and oxygen atoms in total. The molecule has 0 aliphatic carbocycles. The van der Waals surface area contributed by atoms with E-state index in [-0.39, 0.29) is 0 Å². The third-order valence-corrected chi connectivity index (χ3v) is 3.52. The highest BCUT2D eigenvalue weighted by Gasteiger charge is 2.13. The number of hydrogen-bond acceptors (Lipinski definition) is 2. The zero-order chi connectivity index (χ0) is 14.1. The largest absolute Gasteiger partial charge is 0.478 e. The molecule has 0 bridgehead atoms. The van der Waals surface area contributed by atoms with Crippen LogP contribution in [-0.2, 0) is 20.0 Å². The van der Waals surface area contributed by atoms with E-state index in [0.717, 1.165) is 23.1 Å². The molecule has 0 aliphatic heterocycles. The number of para-hydroxylation sites is 1. The van der Waals surface area contributed by atoms with Gasteiger partial charge in [-0.2, -0.15) is 0 Å². The molecule has 0 atom stereocenters. The van der Waals surface area contributed by atoms with Crippen LogP contribution in [0.2, 0.25) is 0 Å². The number of aromatic nitrogens is 3. The van der Waals surface area contributed by atoms with E-state index >= 15 is 0 Å². The first kappa shape index (κ1) is 12.5. The minimum Gasteiger partial charge on any atom is -0.478 e. The van der Waals surface area contributed by atoms with Crippen LogP contribution >= 0.6 is 0 Å². The third-order valence-electron chi connectivity index (χ3n) is 3.52. The van der Waals surface area contributed by atoms with E-state index in [1.165, 1.54) is 0 Å². The van der Waals surface area contributed by atoms with Gasteiger partial charge in [0.05, 0.1) is 5.56 Å². The number of aryl methyl sites for hydroxylation is 3. The summed E-state index contributed by atoms with van der Waals surface area (Å²) in [4.78, 5) is 15.6. The molecule has 0 saturated heterocycles. The molecule has 5 heteroatoms. The van der Waals surface area contributed by atoms with Crippen LogP contribution in [0.5, 0.6) is 0 Å². The van der Waals surface area contributed by atoms with E-state index in [1.54, 1.807) is 12.4 Å². The van der Waals surface area contributed by atoms with Crippen LogP contribution in [0, 0.1) is 0 Å². The Morgan fingerprint density at radius 2 is 2.15 bits per heavy atom. The highest BCUT2D eigenvalue weighted by atomic mass is 16.4. The maximum absolute atomic E-state index is 11.3. The quantitative estimate of drug-likeness (QED) is 0.790. The Morgan fingerprint density at radius 1 is 1.35 bits per heavy atom. The molecular weight excluding hydrogens is 254 g/mol. The van der Waals surface area contributed by atoms with Gasteiger partial charge in [0, 0.05) is 49.5 Å². The molecule has 0 spiro atoms. The predicted octanol–water partition coefficient (Wildman–Crippen LogP) is 2.32. The van der Waals surface area contributed by atoms with E-state index in [0.29, 0.717) is 12.1 Å². The minimum atomic E-state index is -0.892. The minimum absolute atomic E-state index is 0.348. The zero-order valence-electron chi connectivity index (χ0n) is 11.2. The van der Waals surface area contributed by atoms with Crippen LogP contribution in [-0.4, -0.2) is 25.2 Å². The van der Waals surface area contributed by atoms with E-state index in [9.17, 15) is 9.90 Å². The SMILES string of the molecule is Cn1ccnc1CCn1cc(C(=O)O)c2ccccc21. The molecule has 0 radical (unpaired) electrons. The van der Waals surface area contributed by atoms with Crippen molar-refractivity contribution < 1.29 is 9.90 Å². The number of carbonyl (C=O) groups is 1. The average molecular weight is 269 g/mol. The standard InChI is InChI=1S/C15H15N3O2/c1-17-9-7-16-14(17)6-8-18-10-12(15(19)20)11-4-2-3-5-13(11)18/h2-5,7,9-10H,6,8H2,1H3,(H,19,20). The van der Waals surface area contributed by atoms with Crippen LogP contribution in [0.4, 0.5) is 0 Å². The topological polar surface area (TPSA) is 60.0 Å². The lowest BCUT2D eigenvalue weighted by molar-refractivity contribution is 0.0699. The second kappa shape index (κ2) is 4.85. The molecule has 1 aromatic carbocycles. The fourth-order valence-corrected chi connectivity index (χ4v) is 2.46. The van der Waals surface area contributed by atoms with E-state index in [2.05, 4.69) is 4.98 Å². The van der Waals surface area contributed by atoms with Crippen molar-refractivity contribution in [2.45, 2.75) is 13.0 Å². The molecule has 0 fully saturated rings. The van der Waals surface area contributed by atoms with Gasteiger partial charge in [0.2, 0.25) is 0 Å². The number of rotatable bonds is 4. The van der Waals surface area contributed by atoms with E-state index < -0.39 is 5.97 Å². The Labute approximate surface area is 116 Å². The van der Waals surface area contributed by atoms with Crippen LogP contribution in [0.1, 0.15) is 16.2 Å². The van der Waals surface area contributed by atoms with Gasteiger partial charge in [-0.25, -0.2) is 9.78 Å². The Hall–Kier alpha value is -2.56. The number of fused-ring (bicyclic) bond motifs is 1. The predicted molar refractivity (Wildman–Crippen MR) is 75.8 cm³/mol. The molecule has 0 amide bonds. The summed E-state index contributed by atoms with van der Waals surface area (Å²) < 4.78 is 3.96. The van der Waals surface area contributed by atoms with Gasteiger partial charge in [0.1, 0.15) is 5.82 Å². The second-order valence-corrected chi connectivity index (χ2v) is 4.76. The summed E-state index contributed by atoms with van der Waals surface area (Å²) in [5.41, 5.74) is 1.29. The molecule has 0 unspecified atom stereocenters. The molecule has 2 heterocycles. The number of nitrogens with zero attached hydrogens (tertiary/aromatic N) is 3. The first-order valence-electron chi connectivity index (χ1n) is 6.44. The summed E-state index contributed by atoms with van der Waals surface area (Å²) >= 11 is 0. The first-order chi connectivity index (χ1) is 9.66. The fraction of sp³-hybridized carbons (Fsp3) is 0.200. The smallest absolute Gasteiger partial charge is 0.337 e. The lowest BCUT2D eigenvalue weighted by Crippen LogP contribution is -2.05. The Kier molecular flexibility index (Phi) is 3.02. The molecule has 1 N–H and O–H groups in total. The van der Waals surface area contributed by atoms with E-state index in [1.807, 2.05) is 46.6 Å². The molecule has 2 aromatic heterocycles. The fourth-order valence-electron chi connectivity index (χ4n) is 2.46. The Balaban J connectivity index is 1.95. The van der Waals surface area contributed by atoms with E-state index in [4.69, 9.17) is 0 Å². The average Bonchev–Trinajstić information content (AvgIpc) is 3.00. The molecular formula is C15H15N3O2. The van der Waals surface area contributed by atoms with Gasteiger partial charge in [-0.05, 0) is 6.07 Å². The lowest BCUT2D eigenvalue weighted by Gasteiger charge is -2.05. The molecule has 102 valence electrons. The van der Waals surface area contributed by atoms with Gasteiger partial charge in [-0.1, -0.05) is 18.2 Å². The summed E-state index contributed by atoms with van der Waals surface area (Å²) in [5.74, 6) is 0.0941. The number of carboxylic acids is 1. The van der Waals surface area contributed by atoms with Gasteiger partial charge in [-0.3, -0.25) is 0 Å². The van der Waals surface area contributed by atoms with Crippen molar-refractivity contribution in [2.75, 3.05) is 0 Å². The maximum Gasteiger partial charge on any atom is 0.337 e. The van der Waals surface area contributed by atoms with Gasteiger partial charge >= 0.3 is 5.97 Å². The van der Waals surface area contributed by atoms with Crippen molar-refractivity contribution in [1.82, 2.24) is 14.1 Å². The highest BCUT2D eigenvalue weighted by Crippen LogP contribution is 2.21. The van der Waals surface area contributed by atoms with Gasteiger partial charge < -0.3 is 14.2 Å². The van der Waals surface area contributed by atoms with Crippen LogP contribution in [0.3, 0.4) is 0 Å². The van der Waals surface area contributed by atoms with Gasteiger partial charge in [0.15, 0.2) is 0 Å². The summed E-state index contributed by atoms with van der Waals surface area (Å²) in [5, 5.41) is 10.0. The molecule has 3 rings (SSSR count). The van der Waals surface area contributed by atoms with Crippen LogP contribution in [0.25, 0.3) is 10.9 Å². The molecule has 0 aliphatic rings. The second-order valence-electron chi connectivity index (χ2n) is 4.76. The number of carboxylic acid groups (broad SMARTS) is 1. The van der Waals surface area contributed by atoms with Gasteiger partial charge in [0.25, 0.3) is 0 Å². The van der Waals surface area contributed by atoms with Crippen molar-refractivity contribution in [2.24, 2.45) is 7.05 Å².